The molecule has 1 aliphatic rings. The summed E-state index contributed by atoms with van der Waals surface area (Å²) in [5.41, 5.74) is 17.5. The number of aliphatic hydroxyl groups is 1. The van der Waals surface area contributed by atoms with Crippen LogP contribution in [0, 0.1) is 0 Å². The Morgan fingerprint density at radius 3 is 2.41 bits per heavy atom. The third-order valence-electron chi connectivity index (χ3n) is 6.08. The molecule has 1 fully saturated rings. The number of guanidine groups is 1. The van der Waals surface area contributed by atoms with Crippen LogP contribution in [0.15, 0.2) is 35.3 Å². The van der Waals surface area contributed by atoms with Crippen molar-refractivity contribution in [1.82, 2.24) is 15.5 Å². The summed E-state index contributed by atoms with van der Waals surface area (Å²) in [6.07, 6.45) is 0.165. The predicted molar refractivity (Wildman–Crippen MR) is 136 cm³/mol. The van der Waals surface area contributed by atoms with E-state index < -0.39 is 54.0 Å². The lowest BCUT2D eigenvalue weighted by Crippen LogP contribution is -2.60. The SMILES string of the molecule is CC(O)C(NC(=O)C(N)Cc1ccccc1)C(=O)NC(CCCN=C(N)N)C(=O)N1CCCC1C(=O)O. The molecule has 1 saturated heterocycles. The Hall–Kier alpha value is -3.71. The van der Waals surface area contributed by atoms with Crippen LogP contribution in [-0.4, -0.2) is 88.1 Å². The highest BCUT2D eigenvalue weighted by atomic mass is 16.4. The Labute approximate surface area is 215 Å². The molecule has 0 aliphatic carbocycles. The van der Waals surface area contributed by atoms with Gasteiger partial charge < -0.3 is 42.9 Å². The van der Waals surface area contributed by atoms with Crippen LogP contribution in [0.2, 0.25) is 0 Å². The Balaban J connectivity index is 2.12. The van der Waals surface area contributed by atoms with Crippen molar-refractivity contribution in [2.24, 2.45) is 22.2 Å². The summed E-state index contributed by atoms with van der Waals surface area (Å²) in [5.74, 6) is -3.27. The minimum atomic E-state index is -1.39. The van der Waals surface area contributed by atoms with Crippen LogP contribution in [0.4, 0.5) is 0 Å². The minimum absolute atomic E-state index is 0.109. The molecule has 13 heteroatoms. The number of rotatable bonds is 13. The van der Waals surface area contributed by atoms with Crippen molar-refractivity contribution < 1.29 is 29.4 Å². The highest BCUT2D eigenvalue weighted by molar-refractivity contribution is 5.94. The summed E-state index contributed by atoms with van der Waals surface area (Å²) in [6, 6.07) is 4.60. The van der Waals surface area contributed by atoms with Crippen LogP contribution < -0.4 is 27.8 Å². The standard InChI is InChI=1S/C24H37N7O6/c1-14(32)19(30-20(33)16(25)13-15-7-3-2-4-8-15)21(34)29-17(9-5-11-28-24(26)27)22(35)31-12-6-10-18(31)23(36)37/h2-4,7-8,14,16-19,32H,5-6,9-13,25H2,1H3,(H,29,34)(H,30,33)(H,36,37)(H4,26,27,28). The number of hydrogen-bond acceptors (Lipinski definition) is 7. The van der Waals surface area contributed by atoms with Crippen molar-refractivity contribution in [2.75, 3.05) is 13.1 Å². The molecule has 204 valence electrons. The number of carbonyl (C=O) groups is 4. The highest BCUT2D eigenvalue weighted by Crippen LogP contribution is 2.20. The van der Waals surface area contributed by atoms with E-state index in [2.05, 4.69) is 15.6 Å². The van der Waals surface area contributed by atoms with E-state index in [1.54, 1.807) is 0 Å². The third-order valence-corrected chi connectivity index (χ3v) is 6.08. The molecule has 13 nitrogen and oxygen atoms in total. The second kappa shape index (κ2) is 14.1. The summed E-state index contributed by atoms with van der Waals surface area (Å²) < 4.78 is 0. The van der Waals surface area contributed by atoms with E-state index in [0.717, 1.165) is 5.56 Å². The number of nitrogens with two attached hydrogens (primary N) is 3. The molecule has 5 unspecified atom stereocenters. The first kappa shape index (κ1) is 29.5. The lowest BCUT2D eigenvalue weighted by molar-refractivity contribution is -0.149. The summed E-state index contributed by atoms with van der Waals surface area (Å²) in [5, 5.41) is 24.7. The smallest absolute Gasteiger partial charge is 0.326 e. The average Bonchev–Trinajstić information content (AvgIpc) is 3.34. The number of aliphatic carboxylic acids is 1. The fourth-order valence-corrected chi connectivity index (χ4v) is 4.14. The number of aliphatic hydroxyl groups excluding tert-OH is 1. The van der Waals surface area contributed by atoms with Gasteiger partial charge in [0.05, 0.1) is 12.1 Å². The zero-order valence-corrected chi connectivity index (χ0v) is 20.9. The Morgan fingerprint density at radius 2 is 1.81 bits per heavy atom. The number of carboxylic acids is 1. The Kier molecular flexibility index (Phi) is 11.3. The van der Waals surface area contributed by atoms with Crippen molar-refractivity contribution in [3.8, 4) is 0 Å². The van der Waals surface area contributed by atoms with Gasteiger partial charge in [-0.05, 0) is 44.6 Å². The van der Waals surface area contributed by atoms with E-state index in [1.165, 1.54) is 11.8 Å². The third kappa shape index (κ3) is 9.03. The molecule has 37 heavy (non-hydrogen) atoms. The van der Waals surface area contributed by atoms with Crippen molar-refractivity contribution in [3.63, 3.8) is 0 Å². The zero-order chi connectivity index (χ0) is 27.5. The number of carboxylic acid groups (broad SMARTS) is 1. The van der Waals surface area contributed by atoms with Crippen molar-refractivity contribution >= 4 is 29.7 Å². The van der Waals surface area contributed by atoms with Gasteiger partial charge in [-0.2, -0.15) is 0 Å². The molecule has 0 radical (unpaired) electrons. The second-order valence-corrected chi connectivity index (χ2v) is 9.06. The van der Waals surface area contributed by atoms with Crippen LogP contribution in [0.5, 0.6) is 0 Å². The Morgan fingerprint density at radius 1 is 1.14 bits per heavy atom. The molecule has 2 rings (SSSR count). The molecule has 1 aromatic carbocycles. The van der Waals surface area contributed by atoms with Gasteiger partial charge in [-0.15, -0.1) is 0 Å². The fourth-order valence-electron chi connectivity index (χ4n) is 4.14. The first-order valence-corrected chi connectivity index (χ1v) is 12.2. The van der Waals surface area contributed by atoms with Crippen LogP contribution in [0.25, 0.3) is 0 Å². The minimum Gasteiger partial charge on any atom is -0.480 e. The summed E-state index contributed by atoms with van der Waals surface area (Å²) >= 11 is 0. The first-order valence-electron chi connectivity index (χ1n) is 12.2. The van der Waals surface area contributed by atoms with Gasteiger partial charge in [0, 0.05) is 13.1 Å². The predicted octanol–water partition coefficient (Wildman–Crippen LogP) is -1.96. The molecule has 1 aromatic rings. The largest absolute Gasteiger partial charge is 0.480 e. The van der Waals surface area contributed by atoms with E-state index in [0.29, 0.717) is 19.3 Å². The number of nitrogens with zero attached hydrogens (tertiary/aromatic N) is 2. The molecule has 1 heterocycles. The molecule has 5 atom stereocenters. The molecule has 0 aromatic heterocycles. The topological polar surface area (TPSA) is 226 Å². The average molecular weight is 520 g/mol. The molecule has 0 spiro atoms. The summed E-state index contributed by atoms with van der Waals surface area (Å²) in [4.78, 5) is 55.7. The van der Waals surface area contributed by atoms with Gasteiger partial charge in [-0.3, -0.25) is 19.4 Å². The molecule has 0 bridgehead atoms. The van der Waals surface area contributed by atoms with Crippen LogP contribution >= 0.6 is 0 Å². The van der Waals surface area contributed by atoms with Crippen molar-refractivity contribution in [2.45, 2.75) is 69.3 Å². The summed E-state index contributed by atoms with van der Waals surface area (Å²) in [6.45, 7) is 1.75. The number of benzene rings is 1. The van der Waals surface area contributed by atoms with E-state index >= 15 is 0 Å². The van der Waals surface area contributed by atoms with Gasteiger partial charge in [0.15, 0.2) is 5.96 Å². The number of amides is 3. The Bertz CT molecular complexity index is 968. The lowest BCUT2D eigenvalue weighted by atomic mass is 10.0. The van der Waals surface area contributed by atoms with Gasteiger partial charge in [0.2, 0.25) is 17.7 Å². The van der Waals surface area contributed by atoms with E-state index in [9.17, 15) is 29.4 Å². The van der Waals surface area contributed by atoms with E-state index in [1.807, 2.05) is 30.3 Å². The van der Waals surface area contributed by atoms with Crippen molar-refractivity contribution in [3.05, 3.63) is 35.9 Å². The van der Waals surface area contributed by atoms with E-state index in [-0.39, 0.29) is 31.9 Å². The number of carbonyl (C=O) groups excluding carboxylic acids is 3. The molecule has 3 amide bonds. The van der Waals surface area contributed by atoms with Crippen LogP contribution in [-0.2, 0) is 25.6 Å². The van der Waals surface area contributed by atoms with Crippen LogP contribution in [0.3, 0.4) is 0 Å². The van der Waals surface area contributed by atoms with Crippen LogP contribution in [0.1, 0.15) is 38.2 Å². The van der Waals surface area contributed by atoms with Gasteiger partial charge >= 0.3 is 5.97 Å². The monoisotopic (exact) mass is 519 g/mol. The maximum atomic E-state index is 13.2. The molecular formula is C24H37N7O6. The molecule has 0 saturated carbocycles. The van der Waals surface area contributed by atoms with Gasteiger partial charge in [0.1, 0.15) is 18.1 Å². The highest BCUT2D eigenvalue weighted by Gasteiger charge is 2.38. The number of nitrogens with one attached hydrogen (secondary N) is 2. The van der Waals surface area contributed by atoms with Gasteiger partial charge in [-0.1, -0.05) is 30.3 Å². The maximum Gasteiger partial charge on any atom is 0.326 e. The van der Waals surface area contributed by atoms with Crippen molar-refractivity contribution in [1.29, 1.82) is 0 Å². The van der Waals surface area contributed by atoms with Gasteiger partial charge in [0.25, 0.3) is 0 Å². The first-order chi connectivity index (χ1) is 17.5. The fraction of sp³-hybridized carbons (Fsp3) is 0.542. The molecule has 1 aliphatic heterocycles. The maximum absolute atomic E-state index is 13.2. The number of aliphatic imine (C=N–C) groups is 1. The summed E-state index contributed by atoms with van der Waals surface area (Å²) in [7, 11) is 0. The quantitative estimate of drug-likeness (QED) is 0.0870. The molecule has 10 N–H and O–H groups in total. The van der Waals surface area contributed by atoms with E-state index in [4.69, 9.17) is 17.2 Å². The normalized spacial score (nSPS) is 18.2. The second-order valence-electron chi connectivity index (χ2n) is 9.06. The lowest BCUT2D eigenvalue weighted by Gasteiger charge is -2.29. The van der Waals surface area contributed by atoms with Gasteiger partial charge in [-0.25, -0.2) is 4.79 Å². The number of hydrogen-bond donors (Lipinski definition) is 7. The zero-order valence-electron chi connectivity index (χ0n) is 20.9. The number of likely N-dealkylation sites (tertiary alicyclic amines) is 1. The molecular weight excluding hydrogens is 482 g/mol.